The predicted molar refractivity (Wildman–Crippen MR) is 81.7 cm³/mol. The Hall–Kier alpha value is -0.820. The molecule has 0 aliphatic heterocycles. The average molecular weight is 250 g/mol. The number of aliphatic hydroxyl groups excluding tert-OH is 1. The molecule has 0 aliphatic rings. The summed E-state index contributed by atoms with van der Waals surface area (Å²) in [6, 6.07) is 0. The summed E-state index contributed by atoms with van der Waals surface area (Å²) in [5.74, 6) is 0. The molecule has 0 saturated heterocycles. The standard InChI is InChI=1S/C17H30O/c1-5-15(3)9-7-11-17(6-2)12-8-10-16(4)13-14-18/h9,12-13,18H,5-8,10-11,14H2,1-4H3/b15-9-,16-13+,17-12+. The number of hydrogen-bond donors (Lipinski definition) is 1. The van der Waals surface area contributed by atoms with E-state index in [9.17, 15) is 0 Å². The van der Waals surface area contributed by atoms with Crippen LogP contribution in [0.25, 0.3) is 0 Å². The molecule has 0 radical (unpaired) electrons. The zero-order chi connectivity index (χ0) is 13.8. The maximum absolute atomic E-state index is 8.78. The lowest BCUT2D eigenvalue weighted by Gasteiger charge is -2.04. The molecule has 0 bridgehead atoms. The highest BCUT2D eigenvalue weighted by atomic mass is 16.2. The van der Waals surface area contributed by atoms with Crippen LogP contribution in [0.3, 0.4) is 0 Å². The minimum atomic E-state index is 0.164. The molecule has 18 heavy (non-hydrogen) atoms. The van der Waals surface area contributed by atoms with E-state index in [0.29, 0.717) is 0 Å². The van der Waals surface area contributed by atoms with Crippen LogP contribution < -0.4 is 0 Å². The zero-order valence-electron chi connectivity index (χ0n) is 12.6. The van der Waals surface area contributed by atoms with Gasteiger partial charge in [-0.05, 0) is 52.4 Å². The molecule has 1 nitrogen and oxygen atoms in total. The molecular formula is C17H30O. The number of allylic oxidation sites excluding steroid dienone is 5. The summed E-state index contributed by atoms with van der Waals surface area (Å²) in [6.45, 7) is 8.90. The molecule has 0 aromatic rings. The van der Waals surface area contributed by atoms with Crippen molar-refractivity contribution < 1.29 is 5.11 Å². The fourth-order valence-electron chi connectivity index (χ4n) is 1.83. The molecule has 0 atom stereocenters. The second-order valence-electron chi connectivity index (χ2n) is 4.93. The lowest BCUT2D eigenvalue weighted by atomic mass is 10.0. The Balaban J connectivity index is 4.05. The summed E-state index contributed by atoms with van der Waals surface area (Å²) >= 11 is 0. The van der Waals surface area contributed by atoms with Gasteiger partial charge in [0.2, 0.25) is 0 Å². The molecule has 0 aliphatic carbocycles. The largest absolute Gasteiger partial charge is 0.392 e. The molecule has 0 aromatic carbocycles. The molecule has 0 amide bonds. The van der Waals surface area contributed by atoms with Crippen LogP contribution >= 0.6 is 0 Å². The second kappa shape index (κ2) is 11.3. The predicted octanol–water partition coefficient (Wildman–Crippen LogP) is 5.18. The smallest absolute Gasteiger partial charge is 0.0614 e. The van der Waals surface area contributed by atoms with Crippen LogP contribution in [0.15, 0.2) is 34.9 Å². The Morgan fingerprint density at radius 1 is 0.833 bits per heavy atom. The van der Waals surface area contributed by atoms with Gasteiger partial charge in [-0.1, -0.05) is 48.8 Å². The quantitative estimate of drug-likeness (QED) is 0.559. The van der Waals surface area contributed by atoms with Gasteiger partial charge in [0.1, 0.15) is 0 Å². The van der Waals surface area contributed by atoms with E-state index < -0.39 is 0 Å². The summed E-state index contributed by atoms with van der Waals surface area (Å²) in [7, 11) is 0. The molecule has 0 heterocycles. The number of rotatable bonds is 9. The first-order valence-corrected chi connectivity index (χ1v) is 7.24. The Morgan fingerprint density at radius 2 is 1.50 bits per heavy atom. The Kier molecular flexibility index (Phi) is 10.8. The molecule has 0 aromatic heterocycles. The lowest BCUT2D eigenvalue weighted by Crippen LogP contribution is -1.85. The fourth-order valence-corrected chi connectivity index (χ4v) is 1.83. The van der Waals surface area contributed by atoms with Crippen molar-refractivity contribution in [2.75, 3.05) is 6.61 Å². The monoisotopic (exact) mass is 250 g/mol. The maximum atomic E-state index is 8.78. The van der Waals surface area contributed by atoms with Crippen LogP contribution in [0.1, 0.15) is 66.2 Å². The molecule has 1 N–H and O–H groups in total. The van der Waals surface area contributed by atoms with Gasteiger partial charge in [0.15, 0.2) is 0 Å². The van der Waals surface area contributed by atoms with Crippen molar-refractivity contribution in [1.29, 1.82) is 0 Å². The van der Waals surface area contributed by atoms with Crippen LogP contribution in [0.5, 0.6) is 0 Å². The van der Waals surface area contributed by atoms with Gasteiger partial charge >= 0.3 is 0 Å². The van der Waals surface area contributed by atoms with Crippen molar-refractivity contribution in [2.45, 2.75) is 66.2 Å². The highest BCUT2D eigenvalue weighted by molar-refractivity contribution is 5.07. The molecule has 0 fully saturated rings. The van der Waals surface area contributed by atoms with Crippen LogP contribution in [-0.4, -0.2) is 11.7 Å². The van der Waals surface area contributed by atoms with E-state index in [1.807, 2.05) is 6.08 Å². The third-order valence-corrected chi connectivity index (χ3v) is 3.38. The molecule has 1 heteroatoms. The Morgan fingerprint density at radius 3 is 2.06 bits per heavy atom. The number of hydrogen-bond acceptors (Lipinski definition) is 1. The highest BCUT2D eigenvalue weighted by Crippen LogP contribution is 2.15. The van der Waals surface area contributed by atoms with E-state index in [2.05, 4.69) is 39.8 Å². The van der Waals surface area contributed by atoms with Crippen molar-refractivity contribution in [3.8, 4) is 0 Å². The molecule has 0 unspecified atom stereocenters. The fraction of sp³-hybridized carbons (Fsp3) is 0.647. The van der Waals surface area contributed by atoms with Gasteiger partial charge in [-0.2, -0.15) is 0 Å². The van der Waals surface area contributed by atoms with Gasteiger partial charge in [0.05, 0.1) is 6.61 Å². The van der Waals surface area contributed by atoms with Crippen molar-refractivity contribution in [2.24, 2.45) is 0 Å². The molecule has 0 saturated carbocycles. The van der Waals surface area contributed by atoms with Crippen LogP contribution in [0, 0.1) is 0 Å². The normalized spacial score (nSPS) is 14.2. The topological polar surface area (TPSA) is 20.2 Å². The van der Waals surface area contributed by atoms with Crippen molar-refractivity contribution in [3.63, 3.8) is 0 Å². The summed E-state index contributed by atoms with van der Waals surface area (Å²) in [6.07, 6.45) is 13.5. The van der Waals surface area contributed by atoms with Crippen LogP contribution in [0.2, 0.25) is 0 Å². The average Bonchev–Trinajstić information content (AvgIpc) is 2.36. The van der Waals surface area contributed by atoms with Crippen LogP contribution in [0.4, 0.5) is 0 Å². The van der Waals surface area contributed by atoms with E-state index in [1.54, 1.807) is 5.57 Å². The summed E-state index contributed by atoms with van der Waals surface area (Å²) in [5, 5.41) is 8.78. The molecule has 0 spiro atoms. The molecule has 104 valence electrons. The van der Waals surface area contributed by atoms with Crippen molar-refractivity contribution in [1.82, 2.24) is 0 Å². The third kappa shape index (κ3) is 9.23. The van der Waals surface area contributed by atoms with Gasteiger partial charge in [0.25, 0.3) is 0 Å². The van der Waals surface area contributed by atoms with Gasteiger partial charge in [0, 0.05) is 0 Å². The third-order valence-electron chi connectivity index (χ3n) is 3.38. The first kappa shape index (κ1) is 17.2. The van der Waals surface area contributed by atoms with E-state index in [4.69, 9.17) is 5.11 Å². The summed E-state index contributed by atoms with van der Waals surface area (Å²) < 4.78 is 0. The second-order valence-corrected chi connectivity index (χ2v) is 4.93. The van der Waals surface area contributed by atoms with Crippen LogP contribution in [-0.2, 0) is 0 Å². The van der Waals surface area contributed by atoms with Gasteiger partial charge in [-0.15, -0.1) is 0 Å². The lowest BCUT2D eigenvalue weighted by molar-refractivity contribution is 0.341. The zero-order valence-corrected chi connectivity index (χ0v) is 12.6. The van der Waals surface area contributed by atoms with E-state index >= 15 is 0 Å². The Bertz CT molecular complexity index is 295. The van der Waals surface area contributed by atoms with E-state index in [-0.39, 0.29) is 6.61 Å². The van der Waals surface area contributed by atoms with Gasteiger partial charge in [-0.25, -0.2) is 0 Å². The van der Waals surface area contributed by atoms with Gasteiger partial charge < -0.3 is 5.11 Å². The molecular weight excluding hydrogens is 220 g/mol. The van der Waals surface area contributed by atoms with E-state index in [1.165, 1.54) is 24.0 Å². The Labute approximate surface area is 113 Å². The first-order valence-electron chi connectivity index (χ1n) is 7.24. The minimum Gasteiger partial charge on any atom is -0.392 e. The maximum Gasteiger partial charge on any atom is 0.0614 e. The van der Waals surface area contributed by atoms with Crippen molar-refractivity contribution in [3.05, 3.63) is 34.9 Å². The van der Waals surface area contributed by atoms with Crippen molar-refractivity contribution >= 4 is 0 Å². The van der Waals surface area contributed by atoms with Gasteiger partial charge in [-0.3, -0.25) is 0 Å². The number of aliphatic hydroxyl groups is 1. The highest BCUT2D eigenvalue weighted by Gasteiger charge is 1.95. The van der Waals surface area contributed by atoms with E-state index in [0.717, 1.165) is 25.7 Å². The molecule has 0 rings (SSSR count). The summed E-state index contributed by atoms with van der Waals surface area (Å²) in [4.78, 5) is 0. The minimum absolute atomic E-state index is 0.164. The first-order chi connectivity index (χ1) is 8.63. The SMILES string of the molecule is CC/C(C)=C\CC/C(=C/CC/C(C)=C/CO)CC. The summed E-state index contributed by atoms with van der Waals surface area (Å²) in [5.41, 5.74) is 4.34.